The van der Waals surface area contributed by atoms with Gasteiger partial charge in [0.15, 0.2) is 0 Å². The molecule has 0 heterocycles. The van der Waals surface area contributed by atoms with Crippen molar-refractivity contribution in [2.45, 2.75) is 68.2 Å². The predicted octanol–water partition coefficient (Wildman–Crippen LogP) is 4.33. The zero-order valence-electron chi connectivity index (χ0n) is 11.8. The third-order valence-electron chi connectivity index (χ3n) is 4.21. The average Bonchev–Trinajstić information content (AvgIpc) is 2.50. The molecule has 0 nitrogen and oxygen atoms in total. The van der Waals surface area contributed by atoms with Crippen molar-refractivity contribution in [3.63, 3.8) is 0 Å². The van der Waals surface area contributed by atoms with Gasteiger partial charge in [0.25, 0.3) is 0 Å². The van der Waals surface area contributed by atoms with Gasteiger partial charge in [0.05, 0.1) is 0 Å². The van der Waals surface area contributed by atoms with Crippen LogP contribution in [0.25, 0.3) is 0 Å². The molecule has 0 bridgehead atoms. The molecule has 0 aromatic rings. The van der Waals surface area contributed by atoms with Crippen LogP contribution >= 0.6 is 0 Å². The summed E-state index contributed by atoms with van der Waals surface area (Å²) >= 11 is 2.50. The number of rotatable bonds is 2. The topological polar surface area (TPSA) is 0 Å². The summed E-state index contributed by atoms with van der Waals surface area (Å²) < 4.78 is 0.444. The van der Waals surface area contributed by atoms with Crippen LogP contribution in [-0.2, 0) is 20.4 Å². The van der Waals surface area contributed by atoms with Crippen molar-refractivity contribution < 1.29 is 20.4 Å². The Bertz CT molecular complexity index is 373. The van der Waals surface area contributed by atoms with E-state index in [1.54, 1.807) is 11.1 Å². The number of hydrogen-bond donors (Lipinski definition) is 0. The van der Waals surface area contributed by atoms with Gasteiger partial charge in [0, 0.05) is 0 Å². The molecule has 0 saturated carbocycles. The minimum absolute atomic E-state index is 0.0148. The van der Waals surface area contributed by atoms with Gasteiger partial charge in [0.2, 0.25) is 0 Å². The van der Waals surface area contributed by atoms with Crippen LogP contribution in [0, 0.1) is 0 Å². The third kappa shape index (κ3) is 3.05. The van der Waals surface area contributed by atoms with E-state index in [0.717, 1.165) is 0 Å². The summed E-state index contributed by atoms with van der Waals surface area (Å²) in [6, 6.07) is 1.46. The standard InChI is InChI=1S/C15H25Si.Ti/c1-11-9-12(10-16-15(2,3)4)14-8-6-5-7-13(11)14;/h9H,5-8,10,16H2,1-4H3;. The Morgan fingerprint density at radius 1 is 1.29 bits per heavy atom. The molecular formula is C15H25SiTi. The molecule has 0 N–H and O–H groups in total. The van der Waals surface area contributed by atoms with Crippen molar-refractivity contribution >= 4 is 9.52 Å². The first-order valence-electron chi connectivity index (χ1n) is 6.99. The Labute approximate surface area is 121 Å². The number of allylic oxidation sites excluding steroid dienone is 4. The molecule has 0 amide bonds. The Balaban J connectivity index is 2.18. The van der Waals surface area contributed by atoms with Gasteiger partial charge >= 0.3 is 121 Å². The molecule has 17 heavy (non-hydrogen) atoms. The first kappa shape index (κ1) is 13.8. The van der Waals surface area contributed by atoms with Crippen LogP contribution in [0.1, 0.15) is 53.4 Å². The summed E-state index contributed by atoms with van der Waals surface area (Å²) in [7, 11) is 0.0148. The minimum atomic E-state index is 0.0148. The van der Waals surface area contributed by atoms with Gasteiger partial charge in [0.1, 0.15) is 0 Å². The summed E-state index contributed by atoms with van der Waals surface area (Å²) in [5.41, 5.74) is 5.16. The number of hydrogen-bond acceptors (Lipinski definition) is 0. The zero-order chi connectivity index (χ0) is 12.7. The molecule has 2 heteroatoms. The van der Waals surface area contributed by atoms with Crippen LogP contribution in [-0.4, -0.2) is 9.52 Å². The molecule has 1 atom stereocenters. The van der Waals surface area contributed by atoms with Crippen LogP contribution in [0.2, 0.25) is 14.8 Å². The Hall–Kier alpha value is 0.411. The van der Waals surface area contributed by atoms with E-state index in [1.807, 2.05) is 5.57 Å². The summed E-state index contributed by atoms with van der Waals surface area (Å²) in [6.45, 7) is 9.60. The molecular weight excluding hydrogens is 256 g/mol. The van der Waals surface area contributed by atoms with E-state index in [4.69, 9.17) is 0 Å². The first-order chi connectivity index (χ1) is 7.82. The molecule has 2 aliphatic rings. The average molecular weight is 281 g/mol. The van der Waals surface area contributed by atoms with Crippen molar-refractivity contribution in [1.29, 1.82) is 0 Å². The molecule has 2 aliphatic carbocycles. The van der Waals surface area contributed by atoms with E-state index in [2.05, 4.69) is 54.2 Å². The Kier molecular flexibility index (Phi) is 3.93. The van der Waals surface area contributed by atoms with Gasteiger partial charge in [-0.05, 0) is 0 Å². The van der Waals surface area contributed by atoms with Gasteiger partial charge in [-0.2, -0.15) is 0 Å². The first-order valence-corrected chi connectivity index (χ1v) is 9.48. The summed E-state index contributed by atoms with van der Waals surface area (Å²) in [4.78, 5) is 0. The van der Waals surface area contributed by atoms with E-state index >= 15 is 0 Å². The van der Waals surface area contributed by atoms with Crippen LogP contribution < -0.4 is 0 Å². The maximum absolute atomic E-state index is 2.60. The van der Waals surface area contributed by atoms with Crippen LogP contribution in [0.3, 0.4) is 0 Å². The fourth-order valence-corrected chi connectivity index (χ4v) is 6.12. The van der Waals surface area contributed by atoms with Crippen molar-refractivity contribution in [2.75, 3.05) is 0 Å². The SMILES string of the molecule is CC1=C[C]([Ti])(C[SiH2]C(C)(C)C)C2=C1CCCC2. The quantitative estimate of drug-likeness (QED) is 0.661. The van der Waals surface area contributed by atoms with Gasteiger partial charge in [-0.25, -0.2) is 0 Å². The van der Waals surface area contributed by atoms with Gasteiger partial charge in [-0.15, -0.1) is 0 Å². The van der Waals surface area contributed by atoms with Crippen LogP contribution in [0.5, 0.6) is 0 Å². The van der Waals surface area contributed by atoms with E-state index in [1.165, 1.54) is 31.7 Å². The van der Waals surface area contributed by atoms with Gasteiger partial charge < -0.3 is 0 Å². The van der Waals surface area contributed by atoms with Crippen molar-refractivity contribution in [2.24, 2.45) is 0 Å². The molecule has 0 radical (unpaired) electrons. The Morgan fingerprint density at radius 2 is 1.94 bits per heavy atom. The van der Waals surface area contributed by atoms with Crippen molar-refractivity contribution in [3.8, 4) is 0 Å². The summed E-state index contributed by atoms with van der Waals surface area (Å²) in [5.74, 6) is 0. The van der Waals surface area contributed by atoms with E-state index < -0.39 is 0 Å². The molecule has 0 saturated heterocycles. The summed E-state index contributed by atoms with van der Waals surface area (Å²) in [5, 5.41) is 0.600. The molecule has 93 valence electrons. The fourth-order valence-electron chi connectivity index (χ4n) is 3.17. The molecule has 0 aromatic heterocycles. The van der Waals surface area contributed by atoms with E-state index in [0.29, 0.717) is 8.76 Å². The predicted molar refractivity (Wildman–Crippen MR) is 75.0 cm³/mol. The second-order valence-electron chi connectivity index (χ2n) is 7.02. The normalized spacial score (nSPS) is 29.9. The molecule has 0 aromatic carbocycles. The van der Waals surface area contributed by atoms with Crippen molar-refractivity contribution in [1.82, 2.24) is 0 Å². The van der Waals surface area contributed by atoms with Crippen molar-refractivity contribution in [3.05, 3.63) is 22.8 Å². The van der Waals surface area contributed by atoms with E-state index in [9.17, 15) is 0 Å². The molecule has 1 unspecified atom stereocenters. The molecule has 0 fully saturated rings. The second-order valence-corrected chi connectivity index (χ2v) is 11.5. The zero-order valence-corrected chi connectivity index (χ0v) is 14.8. The Morgan fingerprint density at radius 3 is 2.59 bits per heavy atom. The molecule has 2 rings (SSSR count). The fraction of sp³-hybridized carbons (Fsp3) is 0.733. The van der Waals surface area contributed by atoms with E-state index in [-0.39, 0.29) is 9.52 Å². The van der Waals surface area contributed by atoms with Gasteiger partial charge in [-0.3, -0.25) is 0 Å². The molecule has 0 spiro atoms. The second kappa shape index (κ2) is 4.83. The summed E-state index contributed by atoms with van der Waals surface area (Å²) in [6.07, 6.45) is 8.16. The maximum atomic E-state index is 2.60. The van der Waals surface area contributed by atoms with Gasteiger partial charge in [-0.1, -0.05) is 0 Å². The monoisotopic (exact) mass is 281 g/mol. The van der Waals surface area contributed by atoms with Crippen LogP contribution in [0.15, 0.2) is 22.8 Å². The molecule has 0 aliphatic heterocycles. The third-order valence-corrected chi connectivity index (χ3v) is 8.62. The van der Waals surface area contributed by atoms with Crippen LogP contribution in [0.4, 0.5) is 0 Å².